The molecule has 0 spiro atoms. The summed E-state index contributed by atoms with van der Waals surface area (Å²) >= 11 is 0. The molecule has 2 aromatic rings. The third kappa shape index (κ3) is 3.29. The normalized spacial score (nSPS) is 11.8. The van der Waals surface area contributed by atoms with E-state index in [1.54, 1.807) is 31.4 Å². The van der Waals surface area contributed by atoms with Crippen molar-refractivity contribution in [1.82, 2.24) is 0 Å². The molecule has 0 aliphatic heterocycles. The fourth-order valence-corrected chi connectivity index (χ4v) is 2.11. The van der Waals surface area contributed by atoms with Crippen molar-refractivity contribution < 1.29 is 14.6 Å². The van der Waals surface area contributed by atoms with Crippen LogP contribution in [0.5, 0.6) is 5.75 Å². The van der Waals surface area contributed by atoms with E-state index in [1.165, 1.54) is 0 Å². The van der Waals surface area contributed by atoms with Crippen LogP contribution in [0.1, 0.15) is 17.0 Å². The summed E-state index contributed by atoms with van der Waals surface area (Å²) in [6.45, 7) is 0. The Balaban J connectivity index is 2.25. The molecule has 4 nitrogen and oxygen atoms in total. The molecule has 0 aliphatic rings. The van der Waals surface area contributed by atoms with Gasteiger partial charge in [-0.3, -0.25) is 4.79 Å². The van der Waals surface area contributed by atoms with Crippen LogP contribution in [0, 0.1) is 0 Å². The molecular weight excluding hydrogens is 254 g/mol. The number of aliphatic carboxylic acids is 1. The number of rotatable bonds is 5. The number of benzene rings is 2. The zero-order valence-corrected chi connectivity index (χ0v) is 11.2. The molecule has 0 amide bonds. The van der Waals surface area contributed by atoms with Gasteiger partial charge in [0.05, 0.1) is 13.0 Å². The fraction of sp³-hybridized carbons (Fsp3) is 0.188. The van der Waals surface area contributed by atoms with Gasteiger partial charge in [-0.05, 0) is 41.8 Å². The first-order valence-electron chi connectivity index (χ1n) is 6.31. The first-order chi connectivity index (χ1) is 9.60. The third-order valence-electron chi connectivity index (χ3n) is 3.21. The molecule has 0 saturated heterocycles. The van der Waals surface area contributed by atoms with Crippen molar-refractivity contribution in [3.8, 4) is 5.75 Å². The van der Waals surface area contributed by atoms with E-state index in [0.717, 1.165) is 16.9 Å². The maximum atomic E-state index is 11.5. The molecule has 20 heavy (non-hydrogen) atoms. The molecule has 3 N–H and O–H groups in total. The average molecular weight is 271 g/mol. The Morgan fingerprint density at radius 3 is 2.55 bits per heavy atom. The van der Waals surface area contributed by atoms with Crippen molar-refractivity contribution in [2.45, 2.75) is 12.3 Å². The van der Waals surface area contributed by atoms with E-state index in [0.29, 0.717) is 12.1 Å². The van der Waals surface area contributed by atoms with Gasteiger partial charge in [-0.1, -0.05) is 24.3 Å². The molecule has 2 aromatic carbocycles. The highest BCUT2D eigenvalue weighted by molar-refractivity contribution is 5.76. The van der Waals surface area contributed by atoms with Crippen molar-refractivity contribution >= 4 is 11.7 Å². The summed E-state index contributed by atoms with van der Waals surface area (Å²) in [5.41, 5.74) is 7.92. The minimum atomic E-state index is -0.849. The maximum absolute atomic E-state index is 11.5. The molecule has 1 unspecified atom stereocenters. The van der Waals surface area contributed by atoms with Gasteiger partial charge in [-0.2, -0.15) is 0 Å². The van der Waals surface area contributed by atoms with E-state index in [4.69, 9.17) is 10.5 Å². The lowest BCUT2D eigenvalue weighted by molar-refractivity contribution is -0.138. The number of carboxylic acids is 1. The van der Waals surface area contributed by atoms with Crippen LogP contribution in [0.15, 0.2) is 48.5 Å². The van der Waals surface area contributed by atoms with Crippen molar-refractivity contribution in [2.75, 3.05) is 12.8 Å². The summed E-state index contributed by atoms with van der Waals surface area (Å²) in [6.07, 6.45) is 0.413. The van der Waals surface area contributed by atoms with Gasteiger partial charge in [0.25, 0.3) is 0 Å². The fourth-order valence-electron chi connectivity index (χ4n) is 2.11. The summed E-state index contributed by atoms with van der Waals surface area (Å²) in [4.78, 5) is 11.5. The van der Waals surface area contributed by atoms with Crippen LogP contribution in [-0.2, 0) is 11.2 Å². The van der Waals surface area contributed by atoms with E-state index in [2.05, 4.69) is 0 Å². The van der Waals surface area contributed by atoms with E-state index in [9.17, 15) is 9.90 Å². The topological polar surface area (TPSA) is 72.5 Å². The third-order valence-corrected chi connectivity index (χ3v) is 3.21. The van der Waals surface area contributed by atoms with E-state index in [1.807, 2.05) is 24.3 Å². The smallest absolute Gasteiger partial charge is 0.311 e. The van der Waals surface area contributed by atoms with Crippen LogP contribution in [0.2, 0.25) is 0 Å². The molecule has 0 aliphatic carbocycles. The van der Waals surface area contributed by atoms with Gasteiger partial charge >= 0.3 is 5.97 Å². The van der Waals surface area contributed by atoms with Gasteiger partial charge in [0.1, 0.15) is 5.75 Å². The lowest BCUT2D eigenvalue weighted by atomic mass is 9.92. The Kier molecular flexibility index (Phi) is 4.25. The quantitative estimate of drug-likeness (QED) is 0.820. The number of nitrogens with two attached hydrogens (primary N) is 1. The monoisotopic (exact) mass is 271 g/mol. The Morgan fingerprint density at radius 2 is 1.95 bits per heavy atom. The molecule has 104 valence electrons. The molecule has 2 rings (SSSR count). The summed E-state index contributed by atoms with van der Waals surface area (Å²) < 4.78 is 5.15. The summed E-state index contributed by atoms with van der Waals surface area (Å²) in [7, 11) is 1.59. The number of hydrogen-bond donors (Lipinski definition) is 2. The average Bonchev–Trinajstić information content (AvgIpc) is 2.46. The van der Waals surface area contributed by atoms with Crippen molar-refractivity contribution in [3.05, 3.63) is 59.7 Å². The van der Waals surface area contributed by atoms with E-state index >= 15 is 0 Å². The van der Waals surface area contributed by atoms with Gasteiger partial charge in [0.2, 0.25) is 0 Å². The number of methoxy groups -OCH3 is 1. The lowest BCUT2D eigenvalue weighted by Gasteiger charge is -2.13. The van der Waals surface area contributed by atoms with Crippen LogP contribution < -0.4 is 10.5 Å². The minimum absolute atomic E-state index is 0.413. The SMILES string of the molecule is COc1cccc(CC(C(=O)O)c2ccc(N)cc2)c1. The van der Waals surface area contributed by atoms with Gasteiger partial charge < -0.3 is 15.6 Å². The molecule has 0 bridgehead atoms. The molecule has 0 radical (unpaired) electrons. The number of anilines is 1. The predicted octanol–water partition coefficient (Wildman–Crippen LogP) is 2.69. The van der Waals surface area contributed by atoms with Gasteiger partial charge in [-0.15, -0.1) is 0 Å². The standard InChI is InChI=1S/C16H17NO3/c1-20-14-4-2-3-11(9-14)10-15(16(18)19)12-5-7-13(17)8-6-12/h2-9,15H,10,17H2,1H3,(H,18,19). The number of ether oxygens (including phenoxy) is 1. The Morgan fingerprint density at radius 1 is 1.25 bits per heavy atom. The summed E-state index contributed by atoms with van der Waals surface area (Å²) in [6, 6.07) is 14.4. The number of carbonyl (C=O) groups is 1. The van der Waals surface area contributed by atoms with E-state index < -0.39 is 11.9 Å². The highest BCUT2D eigenvalue weighted by atomic mass is 16.5. The Hall–Kier alpha value is -2.49. The Labute approximate surface area is 117 Å². The highest BCUT2D eigenvalue weighted by Crippen LogP contribution is 2.24. The van der Waals surface area contributed by atoms with Crippen LogP contribution >= 0.6 is 0 Å². The van der Waals surface area contributed by atoms with Crippen LogP contribution in [0.25, 0.3) is 0 Å². The number of hydrogen-bond acceptors (Lipinski definition) is 3. The van der Waals surface area contributed by atoms with Gasteiger partial charge in [0.15, 0.2) is 0 Å². The van der Waals surface area contributed by atoms with Crippen molar-refractivity contribution in [1.29, 1.82) is 0 Å². The van der Waals surface area contributed by atoms with Gasteiger partial charge in [-0.25, -0.2) is 0 Å². The molecule has 0 fully saturated rings. The van der Waals surface area contributed by atoms with Crippen LogP contribution in [0.4, 0.5) is 5.69 Å². The molecule has 4 heteroatoms. The number of carboxylic acid groups (broad SMARTS) is 1. The zero-order valence-electron chi connectivity index (χ0n) is 11.2. The van der Waals surface area contributed by atoms with E-state index in [-0.39, 0.29) is 0 Å². The Bertz CT molecular complexity index is 593. The molecule has 1 atom stereocenters. The van der Waals surface area contributed by atoms with Crippen molar-refractivity contribution in [2.24, 2.45) is 0 Å². The van der Waals surface area contributed by atoms with Crippen LogP contribution in [0.3, 0.4) is 0 Å². The van der Waals surface area contributed by atoms with Crippen LogP contribution in [-0.4, -0.2) is 18.2 Å². The van der Waals surface area contributed by atoms with Crippen molar-refractivity contribution in [3.63, 3.8) is 0 Å². The first kappa shape index (κ1) is 13.9. The second-order valence-electron chi connectivity index (χ2n) is 4.61. The zero-order chi connectivity index (χ0) is 14.5. The maximum Gasteiger partial charge on any atom is 0.311 e. The van der Waals surface area contributed by atoms with Gasteiger partial charge in [0, 0.05) is 5.69 Å². The lowest BCUT2D eigenvalue weighted by Crippen LogP contribution is -2.14. The second-order valence-corrected chi connectivity index (χ2v) is 4.61. The molecule has 0 aromatic heterocycles. The summed E-state index contributed by atoms with van der Waals surface area (Å²) in [5.74, 6) is -0.718. The summed E-state index contributed by atoms with van der Waals surface area (Å²) in [5, 5.41) is 9.42. The largest absolute Gasteiger partial charge is 0.497 e. The highest BCUT2D eigenvalue weighted by Gasteiger charge is 2.20. The first-order valence-corrected chi connectivity index (χ1v) is 6.31. The number of nitrogen functional groups attached to an aromatic ring is 1. The predicted molar refractivity (Wildman–Crippen MR) is 77.9 cm³/mol. The minimum Gasteiger partial charge on any atom is -0.497 e. The molecule has 0 heterocycles. The molecule has 0 saturated carbocycles. The molecular formula is C16H17NO3. The second kappa shape index (κ2) is 6.10.